The number of nitrogens with zero attached hydrogens (tertiary/aromatic N) is 2. The van der Waals surface area contributed by atoms with Crippen molar-refractivity contribution in [3.05, 3.63) is 24.3 Å². The molecule has 1 saturated heterocycles. The minimum atomic E-state index is -0.261. The monoisotopic (exact) mass is 401 g/mol. The number of amides is 3. The van der Waals surface area contributed by atoms with Crippen molar-refractivity contribution in [3.8, 4) is 0 Å². The van der Waals surface area contributed by atoms with Crippen molar-refractivity contribution in [2.45, 2.75) is 51.7 Å². The maximum Gasteiger partial charge on any atom is 0.241 e. The first-order valence-corrected chi connectivity index (χ1v) is 10.3. The van der Waals surface area contributed by atoms with Gasteiger partial charge < -0.3 is 16.0 Å². The van der Waals surface area contributed by atoms with Gasteiger partial charge in [-0.25, -0.2) is 0 Å². The molecule has 2 atom stereocenters. The van der Waals surface area contributed by atoms with Crippen LogP contribution in [0.4, 0.5) is 11.4 Å². The first-order chi connectivity index (χ1) is 13.8. The number of anilines is 2. The van der Waals surface area contributed by atoms with E-state index in [0.29, 0.717) is 17.4 Å². The average Bonchev–Trinajstić information content (AvgIpc) is 3.52. The van der Waals surface area contributed by atoms with Crippen LogP contribution < -0.4 is 16.0 Å². The van der Waals surface area contributed by atoms with Crippen molar-refractivity contribution in [1.82, 2.24) is 15.1 Å². The molecule has 1 aliphatic heterocycles. The Hall–Kier alpha value is -2.45. The third-order valence-corrected chi connectivity index (χ3v) is 5.60. The first-order valence-electron chi connectivity index (χ1n) is 10.3. The van der Waals surface area contributed by atoms with Gasteiger partial charge in [-0.15, -0.1) is 0 Å². The molecule has 2 unspecified atom stereocenters. The molecular weight excluding hydrogens is 370 g/mol. The summed E-state index contributed by atoms with van der Waals surface area (Å²) in [6.07, 6.45) is 2.18. The minimum absolute atomic E-state index is 0.0646. The van der Waals surface area contributed by atoms with Gasteiger partial charge in [0.05, 0.1) is 12.1 Å². The Morgan fingerprint density at radius 3 is 1.72 bits per heavy atom. The van der Waals surface area contributed by atoms with Crippen molar-refractivity contribution in [3.63, 3.8) is 0 Å². The van der Waals surface area contributed by atoms with Crippen LogP contribution in [0, 0.1) is 0 Å². The smallest absolute Gasteiger partial charge is 0.241 e. The molecule has 1 heterocycles. The zero-order valence-corrected chi connectivity index (χ0v) is 17.4. The van der Waals surface area contributed by atoms with Crippen molar-refractivity contribution in [1.29, 1.82) is 0 Å². The maximum absolute atomic E-state index is 12.6. The number of piperazine rings is 1. The molecule has 0 spiro atoms. The molecule has 8 heteroatoms. The number of carbonyl (C=O) groups is 3. The molecule has 2 fully saturated rings. The van der Waals surface area contributed by atoms with E-state index in [9.17, 15) is 14.4 Å². The summed E-state index contributed by atoms with van der Waals surface area (Å²) in [7, 11) is 0. The van der Waals surface area contributed by atoms with Crippen LogP contribution in [0.3, 0.4) is 0 Å². The molecule has 3 amide bonds. The molecule has 0 radical (unpaired) electrons. The molecule has 2 aliphatic rings. The molecule has 3 N–H and O–H groups in total. The van der Waals surface area contributed by atoms with E-state index in [-0.39, 0.29) is 29.8 Å². The summed E-state index contributed by atoms with van der Waals surface area (Å²) in [6, 6.07) is 7.04. The second kappa shape index (κ2) is 9.37. The van der Waals surface area contributed by atoms with Crippen molar-refractivity contribution >= 4 is 29.1 Å². The Bertz CT molecular complexity index is 739. The second-order valence-corrected chi connectivity index (χ2v) is 7.95. The topological polar surface area (TPSA) is 93.8 Å². The van der Waals surface area contributed by atoms with Crippen LogP contribution in [0.1, 0.15) is 33.6 Å². The van der Waals surface area contributed by atoms with Crippen LogP contribution in [-0.4, -0.2) is 71.8 Å². The molecule has 158 valence electrons. The molecule has 29 heavy (non-hydrogen) atoms. The van der Waals surface area contributed by atoms with E-state index in [1.807, 2.05) is 13.8 Å². The van der Waals surface area contributed by atoms with Crippen LogP contribution in [0.5, 0.6) is 0 Å². The zero-order chi connectivity index (χ0) is 21.0. The molecule has 1 saturated carbocycles. The SMILES string of the molecule is CC(=O)Nc1ccc(NC(=O)C(C)N2CCN(C(C)C(=O)NC3CC3)CC2)cc1. The Balaban J connectivity index is 1.45. The zero-order valence-electron chi connectivity index (χ0n) is 17.4. The average molecular weight is 402 g/mol. The fourth-order valence-electron chi connectivity index (χ4n) is 3.48. The molecule has 3 rings (SSSR count). The van der Waals surface area contributed by atoms with Crippen LogP contribution in [0.2, 0.25) is 0 Å². The highest BCUT2D eigenvalue weighted by Crippen LogP contribution is 2.20. The third-order valence-electron chi connectivity index (χ3n) is 5.60. The predicted octanol–water partition coefficient (Wildman–Crippen LogP) is 1.26. The van der Waals surface area contributed by atoms with Gasteiger partial charge in [0.25, 0.3) is 0 Å². The summed E-state index contributed by atoms with van der Waals surface area (Å²) in [5.41, 5.74) is 1.39. The summed E-state index contributed by atoms with van der Waals surface area (Å²) in [4.78, 5) is 40.3. The lowest BCUT2D eigenvalue weighted by atomic mass is 10.1. The Morgan fingerprint density at radius 2 is 1.28 bits per heavy atom. The van der Waals surface area contributed by atoms with Gasteiger partial charge in [-0.1, -0.05) is 0 Å². The minimum Gasteiger partial charge on any atom is -0.352 e. The van der Waals surface area contributed by atoms with E-state index >= 15 is 0 Å². The van der Waals surface area contributed by atoms with Gasteiger partial charge in [-0.05, 0) is 51.0 Å². The molecule has 0 aromatic heterocycles. The highest BCUT2D eigenvalue weighted by Gasteiger charge is 2.32. The van der Waals surface area contributed by atoms with Crippen molar-refractivity contribution in [2.75, 3.05) is 36.8 Å². The van der Waals surface area contributed by atoms with E-state index in [2.05, 4.69) is 25.8 Å². The van der Waals surface area contributed by atoms with Crippen molar-refractivity contribution in [2.24, 2.45) is 0 Å². The van der Waals surface area contributed by atoms with Crippen molar-refractivity contribution < 1.29 is 14.4 Å². The Morgan fingerprint density at radius 1 is 0.828 bits per heavy atom. The lowest BCUT2D eigenvalue weighted by Crippen LogP contribution is -2.57. The summed E-state index contributed by atoms with van der Waals surface area (Å²) in [5.74, 6) is -0.0893. The predicted molar refractivity (Wildman–Crippen MR) is 113 cm³/mol. The fraction of sp³-hybridized carbons (Fsp3) is 0.571. The standard InChI is InChI=1S/C21H31N5O3/c1-14(20(28)23-18-6-4-17(5-7-18)22-16(3)27)25-10-12-26(13-11-25)15(2)21(29)24-19-8-9-19/h4-7,14-15,19H,8-13H2,1-3H3,(H,22,27)(H,23,28)(H,24,29). The molecule has 1 aromatic rings. The number of rotatable bonds is 7. The Labute approximate surface area is 172 Å². The van der Waals surface area contributed by atoms with E-state index in [1.165, 1.54) is 6.92 Å². The maximum atomic E-state index is 12.6. The number of nitrogens with one attached hydrogen (secondary N) is 3. The van der Waals surface area contributed by atoms with Gasteiger partial charge in [0.2, 0.25) is 17.7 Å². The normalized spacial score (nSPS) is 19.8. The number of hydrogen-bond acceptors (Lipinski definition) is 5. The highest BCUT2D eigenvalue weighted by atomic mass is 16.2. The first kappa shape index (κ1) is 21.3. The quantitative estimate of drug-likeness (QED) is 0.640. The summed E-state index contributed by atoms with van der Waals surface area (Å²) in [5, 5.41) is 8.69. The van der Waals surface area contributed by atoms with Crippen LogP contribution >= 0.6 is 0 Å². The van der Waals surface area contributed by atoms with Gasteiger partial charge >= 0.3 is 0 Å². The fourth-order valence-corrected chi connectivity index (χ4v) is 3.48. The second-order valence-electron chi connectivity index (χ2n) is 7.95. The number of carbonyl (C=O) groups excluding carboxylic acids is 3. The molecule has 8 nitrogen and oxygen atoms in total. The van der Waals surface area contributed by atoms with Crippen LogP contribution in [0.25, 0.3) is 0 Å². The highest BCUT2D eigenvalue weighted by molar-refractivity contribution is 5.95. The van der Waals surface area contributed by atoms with Gasteiger partial charge in [0, 0.05) is 50.5 Å². The third kappa shape index (κ3) is 6.01. The largest absolute Gasteiger partial charge is 0.352 e. The van der Waals surface area contributed by atoms with Gasteiger partial charge in [-0.3, -0.25) is 24.2 Å². The number of hydrogen-bond donors (Lipinski definition) is 3. The van der Waals surface area contributed by atoms with Crippen LogP contribution in [0.15, 0.2) is 24.3 Å². The lowest BCUT2D eigenvalue weighted by Gasteiger charge is -2.39. The van der Waals surface area contributed by atoms with E-state index in [4.69, 9.17) is 0 Å². The molecular formula is C21H31N5O3. The molecule has 0 bridgehead atoms. The Kier molecular flexibility index (Phi) is 6.87. The number of benzene rings is 1. The van der Waals surface area contributed by atoms with Crippen LogP contribution in [-0.2, 0) is 14.4 Å². The van der Waals surface area contributed by atoms with Gasteiger partial charge in [-0.2, -0.15) is 0 Å². The van der Waals surface area contributed by atoms with Gasteiger partial charge in [0.1, 0.15) is 0 Å². The summed E-state index contributed by atoms with van der Waals surface area (Å²) >= 11 is 0. The van der Waals surface area contributed by atoms with E-state index in [1.54, 1.807) is 24.3 Å². The molecule has 1 aromatic carbocycles. The summed E-state index contributed by atoms with van der Waals surface area (Å²) < 4.78 is 0. The molecule has 1 aliphatic carbocycles. The van der Waals surface area contributed by atoms with Gasteiger partial charge in [0.15, 0.2) is 0 Å². The van der Waals surface area contributed by atoms with E-state index < -0.39 is 0 Å². The summed E-state index contributed by atoms with van der Waals surface area (Å²) in [6.45, 7) is 8.34. The lowest BCUT2D eigenvalue weighted by molar-refractivity contribution is -0.128. The van der Waals surface area contributed by atoms with E-state index in [0.717, 1.165) is 39.0 Å².